The third-order valence-corrected chi connectivity index (χ3v) is 4.70. The quantitative estimate of drug-likeness (QED) is 0.835. The number of aromatic nitrogens is 2. The highest BCUT2D eigenvalue weighted by Gasteiger charge is 2.27. The molecule has 1 aliphatic rings. The molecule has 6 heteroatoms. The number of nitrogens with zero attached hydrogens (tertiary/aromatic N) is 2. The van der Waals surface area contributed by atoms with Crippen LogP contribution in [-0.2, 0) is 6.54 Å². The van der Waals surface area contributed by atoms with Crippen LogP contribution in [0.15, 0.2) is 12.1 Å². The Morgan fingerprint density at radius 3 is 2.74 bits per heavy atom. The summed E-state index contributed by atoms with van der Waals surface area (Å²) in [5.74, 6) is 2.18. The van der Waals surface area contributed by atoms with Crippen molar-refractivity contribution in [2.45, 2.75) is 32.2 Å². The minimum absolute atomic E-state index is 0.495. The van der Waals surface area contributed by atoms with Gasteiger partial charge in [-0.3, -0.25) is 0 Å². The summed E-state index contributed by atoms with van der Waals surface area (Å²) in [6, 6.07) is 3.92. The van der Waals surface area contributed by atoms with Crippen LogP contribution in [-0.4, -0.2) is 9.97 Å². The van der Waals surface area contributed by atoms with Gasteiger partial charge in [0.2, 0.25) is 0 Å². The molecule has 3 rings (SSSR count). The molecule has 0 bridgehead atoms. The van der Waals surface area contributed by atoms with Gasteiger partial charge in [0.15, 0.2) is 0 Å². The van der Waals surface area contributed by atoms with E-state index in [1.54, 1.807) is 11.3 Å². The normalized spacial score (nSPS) is 14.7. The molecule has 0 unspecified atom stereocenters. The topological polar surface area (TPSA) is 37.8 Å². The monoisotopic (exact) mass is 313 g/mol. The molecule has 19 heavy (non-hydrogen) atoms. The molecule has 0 radical (unpaired) electrons. The lowest BCUT2D eigenvalue weighted by atomic mass is 10.3. The molecule has 0 spiro atoms. The molecule has 0 saturated heterocycles. The minimum Gasteiger partial charge on any atom is -0.365 e. The van der Waals surface area contributed by atoms with Crippen LogP contribution in [0.2, 0.25) is 9.49 Å². The van der Waals surface area contributed by atoms with Crippen molar-refractivity contribution in [1.29, 1.82) is 0 Å². The van der Waals surface area contributed by atoms with Gasteiger partial charge in [-0.2, -0.15) is 0 Å². The zero-order valence-corrected chi connectivity index (χ0v) is 12.7. The molecule has 0 aliphatic heterocycles. The second-order valence-electron chi connectivity index (χ2n) is 4.68. The Balaban J connectivity index is 1.79. The lowest BCUT2D eigenvalue weighted by molar-refractivity contribution is 0.913. The molecule has 3 nitrogen and oxygen atoms in total. The molecule has 1 N–H and O–H groups in total. The first kappa shape index (κ1) is 13.2. The van der Waals surface area contributed by atoms with Crippen LogP contribution >= 0.6 is 34.5 Å². The fraction of sp³-hybridized carbons (Fsp3) is 0.385. The van der Waals surface area contributed by atoms with E-state index in [0.717, 1.165) is 21.5 Å². The average molecular weight is 314 g/mol. The average Bonchev–Trinajstić information content (AvgIpc) is 3.15. The largest absolute Gasteiger partial charge is 0.365 e. The fourth-order valence-electron chi connectivity index (χ4n) is 1.82. The summed E-state index contributed by atoms with van der Waals surface area (Å²) in [6.45, 7) is 2.64. The Kier molecular flexibility index (Phi) is 3.65. The number of hydrogen-bond acceptors (Lipinski definition) is 4. The molecule has 2 aromatic heterocycles. The van der Waals surface area contributed by atoms with E-state index in [1.165, 1.54) is 17.7 Å². The van der Waals surface area contributed by atoms with E-state index >= 15 is 0 Å². The zero-order valence-electron chi connectivity index (χ0n) is 10.4. The standard InChI is InChI=1S/C13H13Cl2N3S/c1-7-11(15)17-13(8-2-3-8)18-12(7)16-6-9-4-5-10(14)19-9/h4-5,8H,2-3,6H2,1H3,(H,16,17,18). The van der Waals surface area contributed by atoms with Gasteiger partial charge < -0.3 is 5.32 Å². The first-order valence-corrected chi connectivity index (χ1v) is 7.73. The van der Waals surface area contributed by atoms with Crippen LogP contribution in [0.1, 0.15) is 35.0 Å². The van der Waals surface area contributed by atoms with E-state index in [2.05, 4.69) is 15.3 Å². The first-order valence-electron chi connectivity index (χ1n) is 6.15. The maximum absolute atomic E-state index is 6.17. The maximum atomic E-state index is 6.17. The Labute approximate surface area is 126 Å². The number of anilines is 1. The van der Waals surface area contributed by atoms with E-state index in [0.29, 0.717) is 17.6 Å². The number of halogens is 2. The number of hydrogen-bond donors (Lipinski definition) is 1. The Morgan fingerprint density at radius 1 is 1.32 bits per heavy atom. The Bertz CT molecular complexity index is 608. The molecule has 0 amide bonds. The van der Waals surface area contributed by atoms with E-state index in [-0.39, 0.29) is 0 Å². The smallest absolute Gasteiger partial charge is 0.137 e. The van der Waals surface area contributed by atoms with Crippen molar-refractivity contribution in [1.82, 2.24) is 9.97 Å². The molecule has 100 valence electrons. The van der Waals surface area contributed by atoms with Gasteiger partial charge in [0.25, 0.3) is 0 Å². The van der Waals surface area contributed by atoms with Gasteiger partial charge in [-0.1, -0.05) is 23.2 Å². The SMILES string of the molecule is Cc1c(Cl)nc(C2CC2)nc1NCc1ccc(Cl)s1. The highest BCUT2D eigenvalue weighted by Crippen LogP contribution is 2.39. The molecular weight excluding hydrogens is 301 g/mol. The van der Waals surface area contributed by atoms with Crippen molar-refractivity contribution < 1.29 is 0 Å². The van der Waals surface area contributed by atoms with Crippen LogP contribution in [0.5, 0.6) is 0 Å². The number of nitrogens with one attached hydrogen (secondary N) is 1. The predicted molar refractivity (Wildman–Crippen MR) is 80.4 cm³/mol. The van der Waals surface area contributed by atoms with Gasteiger partial charge in [0.05, 0.1) is 10.9 Å². The van der Waals surface area contributed by atoms with Gasteiger partial charge in [-0.25, -0.2) is 9.97 Å². The van der Waals surface area contributed by atoms with Crippen molar-refractivity contribution in [3.05, 3.63) is 37.9 Å². The van der Waals surface area contributed by atoms with Crippen LogP contribution in [0.25, 0.3) is 0 Å². The van der Waals surface area contributed by atoms with Gasteiger partial charge in [-0.15, -0.1) is 11.3 Å². The summed E-state index contributed by atoms with van der Waals surface area (Å²) in [6.07, 6.45) is 2.33. The van der Waals surface area contributed by atoms with Crippen molar-refractivity contribution in [3.8, 4) is 0 Å². The van der Waals surface area contributed by atoms with Gasteiger partial charge >= 0.3 is 0 Å². The molecular formula is C13H13Cl2N3S. The van der Waals surface area contributed by atoms with E-state index in [9.17, 15) is 0 Å². The molecule has 1 fully saturated rings. The second-order valence-corrected chi connectivity index (χ2v) is 6.84. The van der Waals surface area contributed by atoms with Crippen molar-refractivity contribution in [2.24, 2.45) is 0 Å². The van der Waals surface area contributed by atoms with Crippen molar-refractivity contribution >= 4 is 40.4 Å². The van der Waals surface area contributed by atoms with Crippen LogP contribution in [0.4, 0.5) is 5.82 Å². The zero-order chi connectivity index (χ0) is 13.4. The molecule has 1 aliphatic carbocycles. The van der Waals surface area contributed by atoms with Crippen molar-refractivity contribution in [3.63, 3.8) is 0 Å². The molecule has 0 atom stereocenters. The van der Waals surface area contributed by atoms with Gasteiger partial charge in [-0.05, 0) is 31.9 Å². The Hall–Kier alpha value is -0.840. The number of rotatable bonds is 4. The summed E-state index contributed by atoms with van der Waals surface area (Å²) in [7, 11) is 0. The third-order valence-electron chi connectivity index (χ3n) is 3.11. The first-order chi connectivity index (χ1) is 9.13. The fourth-order valence-corrected chi connectivity index (χ4v) is 3.02. The van der Waals surface area contributed by atoms with Crippen LogP contribution in [0, 0.1) is 6.92 Å². The molecule has 2 aromatic rings. The van der Waals surface area contributed by atoms with Crippen LogP contribution < -0.4 is 5.32 Å². The summed E-state index contributed by atoms with van der Waals surface area (Å²) < 4.78 is 0.799. The lowest BCUT2D eigenvalue weighted by Gasteiger charge is -2.10. The van der Waals surface area contributed by atoms with Gasteiger partial charge in [0, 0.05) is 16.4 Å². The van der Waals surface area contributed by atoms with Crippen molar-refractivity contribution in [2.75, 3.05) is 5.32 Å². The van der Waals surface area contributed by atoms with E-state index in [4.69, 9.17) is 23.2 Å². The third kappa shape index (κ3) is 3.02. The molecule has 0 aromatic carbocycles. The summed E-state index contributed by atoms with van der Waals surface area (Å²) in [4.78, 5) is 10.1. The molecule has 1 saturated carbocycles. The second kappa shape index (κ2) is 5.27. The minimum atomic E-state index is 0.495. The van der Waals surface area contributed by atoms with Crippen LogP contribution in [0.3, 0.4) is 0 Å². The lowest BCUT2D eigenvalue weighted by Crippen LogP contribution is -2.06. The summed E-state index contributed by atoms with van der Waals surface area (Å²) in [5, 5.41) is 3.87. The molecule has 2 heterocycles. The number of thiophene rings is 1. The van der Waals surface area contributed by atoms with Gasteiger partial charge in [0.1, 0.15) is 16.8 Å². The Morgan fingerprint density at radius 2 is 2.11 bits per heavy atom. The highest BCUT2D eigenvalue weighted by molar-refractivity contribution is 7.16. The predicted octanol–water partition coefficient (Wildman–Crippen LogP) is 4.64. The maximum Gasteiger partial charge on any atom is 0.137 e. The summed E-state index contributed by atoms with van der Waals surface area (Å²) in [5.41, 5.74) is 0.897. The summed E-state index contributed by atoms with van der Waals surface area (Å²) >= 11 is 13.7. The van der Waals surface area contributed by atoms with E-state index < -0.39 is 0 Å². The van der Waals surface area contributed by atoms with E-state index in [1.807, 2.05) is 19.1 Å². The highest BCUT2D eigenvalue weighted by atomic mass is 35.5.